The fraction of sp³-hybridized carbons (Fsp3) is 0.553. The second-order valence-electron chi connectivity index (χ2n) is 13.8. The van der Waals surface area contributed by atoms with E-state index in [1.807, 2.05) is 0 Å². The molecular formula is C38H58N6O13. The zero-order valence-corrected chi connectivity index (χ0v) is 33.5. The predicted octanol–water partition coefficient (Wildman–Crippen LogP) is -3.03. The van der Waals surface area contributed by atoms with Crippen molar-refractivity contribution in [1.82, 2.24) is 21.3 Å². The van der Waals surface area contributed by atoms with Crippen LogP contribution in [-0.2, 0) is 4.79 Å². The van der Waals surface area contributed by atoms with Crippen LogP contribution in [0.4, 0.5) is 11.4 Å². The van der Waals surface area contributed by atoms with Crippen LogP contribution in [0, 0.1) is 41.5 Å². The van der Waals surface area contributed by atoms with Crippen LogP contribution in [0.1, 0.15) is 74.8 Å². The number of hydrogen-bond donors (Lipinski definition) is 12. The lowest BCUT2D eigenvalue weighted by atomic mass is 9.89. The number of benzene rings is 2. The van der Waals surface area contributed by atoms with Crippen molar-refractivity contribution >= 4 is 41.4 Å². The van der Waals surface area contributed by atoms with Gasteiger partial charge >= 0.3 is 0 Å². The first-order valence-electron chi connectivity index (χ1n) is 18.3. The normalized spacial score (nSPS) is 12.3. The molecule has 0 heterocycles. The molecule has 318 valence electrons. The molecule has 2 atom stereocenters. The van der Waals surface area contributed by atoms with Gasteiger partial charge in [0.05, 0.1) is 76.2 Å². The molecule has 2 unspecified atom stereocenters. The number of hydrogen-bond acceptors (Lipinski definition) is 14. The van der Waals surface area contributed by atoms with Gasteiger partial charge in [0, 0.05) is 54.6 Å². The summed E-state index contributed by atoms with van der Waals surface area (Å²) in [6.07, 6.45) is -2.90. The second-order valence-corrected chi connectivity index (χ2v) is 13.8. The van der Waals surface area contributed by atoms with Crippen molar-refractivity contribution in [3.63, 3.8) is 0 Å². The molecule has 0 aliphatic carbocycles. The van der Waals surface area contributed by atoms with E-state index >= 15 is 0 Å². The maximum atomic E-state index is 13.5. The van der Waals surface area contributed by atoms with E-state index in [2.05, 4.69) is 21.3 Å². The molecule has 0 fully saturated rings. The summed E-state index contributed by atoms with van der Waals surface area (Å²) in [5.41, 5.74) is 2.15. The van der Waals surface area contributed by atoms with Gasteiger partial charge in [0.1, 0.15) is 0 Å². The summed E-state index contributed by atoms with van der Waals surface area (Å²) in [6.45, 7) is 5.20. The summed E-state index contributed by atoms with van der Waals surface area (Å²) in [5, 5.41) is 89.8. The first-order valence-corrected chi connectivity index (χ1v) is 18.3. The Morgan fingerprint density at radius 1 is 0.544 bits per heavy atom. The minimum absolute atomic E-state index is 0.00587. The molecule has 0 aromatic heterocycles. The largest absolute Gasteiger partial charge is 0.395 e. The van der Waals surface area contributed by atoms with E-state index in [-0.39, 0.29) is 83.0 Å². The molecule has 0 aliphatic rings. The van der Waals surface area contributed by atoms with Gasteiger partial charge < -0.3 is 71.9 Å². The van der Waals surface area contributed by atoms with E-state index < -0.39 is 80.9 Å². The van der Waals surface area contributed by atoms with Gasteiger partial charge in [-0.2, -0.15) is 0 Å². The minimum Gasteiger partial charge on any atom is -0.395 e. The van der Waals surface area contributed by atoms with Crippen LogP contribution in [0.2, 0.25) is 0 Å². The number of anilines is 2. The van der Waals surface area contributed by atoms with E-state index in [9.17, 15) is 64.8 Å². The Hall–Kier alpha value is -4.73. The smallest absolute Gasteiger partial charge is 0.252 e. The molecule has 19 nitrogen and oxygen atoms in total. The van der Waals surface area contributed by atoms with Crippen molar-refractivity contribution in [2.45, 2.75) is 65.8 Å². The van der Waals surface area contributed by atoms with Gasteiger partial charge in [-0.3, -0.25) is 24.0 Å². The van der Waals surface area contributed by atoms with E-state index in [1.165, 1.54) is 25.7 Å². The molecule has 0 saturated heterocycles. The third-order valence-electron chi connectivity index (χ3n) is 9.76. The van der Waals surface area contributed by atoms with Gasteiger partial charge in [-0.15, -0.1) is 0 Å². The molecule has 0 saturated carbocycles. The van der Waals surface area contributed by atoms with E-state index in [0.29, 0.717) is 23.2 Å². The molecule has 5 amide bonds. The molecule has 0 bridgehead atoms. The van der Waals surface area contributed by atoms with Gasteiger partial charge in [-0.25, -0.2) is 0 Å². The van der Waals surface area contributed by atoms with Gasteiger partial charge in [0.15, 0.2) is 0 Å². The number of amides is 5. The lowest BCUT2D eigenvalue weighted by Crippen LogP contribution is -2.45. The molecule has 19 heteroatoms. The highest BCUT2D eigenvalue weighted by Gasteiger charge is 2.32. The third-order valence-corrected chi connectivity index (χ3v) is 9.76. The summed E-state index contributed by atoms with van der Waals surface area (Å²) in [6, 6.07) is -2.04. The standard InChI is InChI=1S/C38H58N6O13/c1-19-29(35(54)39-8-10-45)21(3)33(22(4)31(19)37(56)41-25(14-47)15-48)43(7)12-27(52)28(53)13-44(18-51)34-23(5)30(36(55)40-9-11-46)20(2)32(24(34)6)38(57)42-26(16-49)17-50/h18,25-28,45-50,52-53H,8-17H2,1-7H3,(H,39,54)(H,40,55)(H,41,56)(H,42,57). The summed E-state index contributed by atoms with van der Waals surface area (Å²) >= 11 is 0. The van der Waals surface area contributed by atoms with Crippen LogP contribution < -0.4 is 31.1 Å². The third kappa shape index (κ3) is 11.2. The number of rotatable bonds is 22. The summed E-state index contributed by atoms with van der Waals surface area (Å²) < 4.78 is 0. The Morgan fingerprint density at radius 3 is 1.21 bits per heavy atom. The number of likely N-dealkylation sites (N-methyl/N-ethyl adjacent to an activating group) is 1. The van der Waals surface area contributed by atoms with Gasteiger partial charge in [0.25, 0.3) is 23.6 Å². The van der Waals surface area contributed by atoms with Crippen molar-refractivity contribution < 1.29 is 64.8 Å². The summed E-state index contributed by atoms with van der Waals surface area (Å²) in [7, 11) is 1.54. The first kappa shape index (κ1) is 48.4. The molecule has 0 aliphatic heterocycles. The number of nitrogens with zero attached hydrogens (tertiary/aromatic N) is 2. The molecule has 0 spiro atoms. The van der Waals surface area contributed by atoms with Crippen LogP contribution in [0.25, 0.3) is 0 Å². The number of carbonyl (C=O) groups excluding carboxylic acids is 5. The fourth-order valence-electron chi connectivity index (χ4n) is 7.11. The Kier molecular flexibility index (Phi) is 18.9. The minimum atomic E-state index is -1.66. The van der Waals surface area contributed by atoms with E-state index in [0.717, 1.165) is 4.90 Å². The number of aliphatic hydroxyl groups excluding tert-OH is 8. The average molecular weight is 807 g/mol. The highest BCUT2D eigenvalue weighted by molar-refractivity contribution is 6.08. The van der Waals surface area contributed by atoms with Gasteiger partial charge in [-0.1, -0.05) is 0 Å². The molecule has 12 N–H and O–H groups in total. The Morgan fingerprint density at radius 2 is 0.877 bits per heavy atom. The van der Waals surface area contributed by atoms with Crippen LogP contribution in [0.5, 0.6) is 0 Å². The van der Waals surface area contributed by atoms with Crippen LogP contribution >= 0.6 is 0 Å². The van der Waals surface area contributed by atoms with Crippen molar-refractivity contribution in [2.24, 2.45) is 0 Å². The van der Waals surface area contributed by atoms with Crippen LogP contribution in [0.15, 0.2) is 0 Å². The Labute approximate surface area is 331 Å². The molecule has 57 heavy (non-hydrogen) atoms. The van der Waals surface area contributed by atoms with Crippen molar-refractivity contribution in [3.8, 4) is 0 Å². The zero-order chi connectivity index (χ0) is 43.3. The first-order chi connectivity index (χ1) is 26.9. The highest BCUT2D eigenvalue weighted by atomic mass is 16.3. The summed E-state index contributed by atoms with van der Waals surface area (Å²) in [5.74, 6) is -2.74. The molecule has 2 rings (SSSR count). The second kappa shape index (κ2) is 22.3. The maximum Gasteiger partial charge on any atom is 0.252 e. The number of nitrogens with one attached hydrogen (secondary N) is 4. The highest BCUT2D eigenvalue weighted by Crippen LogP contribution is 2.36. The van der Waals surface area contributed by atoms with Crippen molar-refractivity contribution in [2.75, 3.05) is 82.7 Å². The fourth-order valence-corrected chi connectivity index (χ4v) is 7.11. The van der Waals surface area contributed by atoms with Crippen molar-refractivity contribution in [3.05, 3.63) is 55.6 Å². The maximum absolute atomic E-state index is 13.5. The Balaban J connectivity index is 2.65. The molecule has 2 aromatic rings. The molecule has 0 radical (unpaired) electrons. The number of aliphatic hydroxyl groups is 8. The monoisotopic (exact) mass is 806 g/mol. The molecular weight excluding hydrogens is 748 g/mol. The predicted molar refractivity (Wildman–Crippen MR) is 210 cm³/mol. The zero-order valence-electron chi connectivity index (χ0n) is 33.5. The topological polar surface area (TPSA) is 302 Å². The van der Waals surface area contributed by atoms with Gasteiger partial charge in [0.2, 0.25) is 6.41 Å². The van der Waals surface area contributed by atoms with E-state index in [4.69, 9.17) is 0 Å². The quantitative estimate of drug-likeness (QED) is 0.0528. The summed E-state index contributed by atoms with van der Waals surface area (Å²) in [4.78, 5) is 69.0. The van der Waals surface area contributed by atoms with Crippen LogP contribution in [0.3, 0.4) is 0 Å². The lowest BCUT2D eigenvalue weighted by molar-refractivity contribution is -0.108. The molecule has 2 aromatic carbocycles. The van der Waals surface area contributed by atoms with Crippen molar-refractivity contribution in [1.29, 1.82) is 0 Å². The SMILES string of the molecule is Cc1c(C(=O)NCCO)c(C)c(N(C)CC(O)C(O)CN(C=O)c2c(C)c(C(=O)NCCO)c(C)c(C(=O)NC(CO)CO)c2C)c(C)c1C(=O)NC(CO)CO. The lowest BCUT2D eigenvalue weighted by Gasteiger charge is -2.33. The van der Waals surface area contributed by atoms with Crippen LogP contribution in [-0.4, -0.2) is 168 Å². The average Bonchev–Trinajstić information content (AvgIpc) is 3.16. The number of carbonyl (C=O) groups is 5. The Bertz CT molecular complexity index is 1760. The van der Waals surface area contributed by atoms with E-state index in [1.54, 1.807) is 27.8 Å². The van der Waals surface area contributed by atoms with Gasteiger partial charge in [-0.05, 0) is 74.9 Å².